The Kier molecular flexibility index (Phi) is 7.18. The molecule has 8 nitrogen and oxygen atoms in total. The van der Waals surface area contributed by atoms with Crippen LogP contribution in [0.3, 0.4) is 0 Å². The Balaban J connectivity index is 1.65. The Bertz CT molecular complexity index is 704. The zero-order valence-corrected chi connectivity index (χ0v) is 14.1. The van der Waals surface area contributed by atoms with Crippen molar-refractivity contribution in [3.63, 3.8) is 0 Å². The van der Waals surface area contributed by atoms with Crippen LogP contribution in [0.4, 0.5) is 0 Å². The van der Waals surface area contributed by atoms with E-state index >= 15 is 0 Å². The molecule has 0 radical (unpaired) electrons. The number of hydrogen-bond acceptors (Lipinski definition) is 7. The standard InChI is InChI=1S/C18H18N2O6/c1-2-11-25-19-13-14-5-7-15(8-6-14)24-12-3-4-18(23)26-20-16(21)9-10-17(20)22/h1,5-8,13H,3-4,9-12H2/b19-13+. The third kappa shape index (κ3) is 5.94. The molecule has 26 heavy (non-hydrogen) atoms. The molecule has 0 bridgehead atoms. The first-order valence-electron chi connectivity index (χ1n) is 7.98. The van der Waals surface area contributed by atoms with Gasteiger partial charge in [0, 0.05) is 12.8 Å². The SMILES string of the molecule is C#CCO/N=C/c1ccc(OCCCC(=O)ON2C(=O)CCC2=O)cc1. The molecule has 2 amide bonds. The Morgan fingerprint density at radius 2 is 1.92 bits per heavy atom. The molecule has 0 unspecified atom stereocenters. The van der Waals surface area contributed by atoms with Crippen LogP contribution in [-0.2, 0) is 24.1 Å². The van der Waals surface area contributed by atoms with E-state index < -0.39 is 17.8 Å². The second kappa shape index (κ2) is 9.84. The van der Waals surface area contributed by atoms with Crippen LogP contribution in [0.15, 0.2) is 29.4 Å². The number of terminal acetylenes is 1. The number of imide groups is 1. The first-order chi connectivity index (χ1) is 12.6. The van der Waals surface area contributed by atoms with Gasteiger partial charge in [0.1, 0.15) is 5.75 Å². The molecule has 2 rings (SSSR count). The minimum atomic E-state index is -0.643. The fourth-order valence-electron chi connectivity index (χ4n) is 2.03. The van der Waals surface area contributed by atoms with Gasteiger partial charge in [0.05, 0.1) is 19.2 Å². The highest BCUT2D eigenvalue weighted by molar-refractivity contribution is 6.01. The van der Waals surface area contributed by atoms with Crippen molar-refractivity contribution >= 4 is 24.0 Å². The van der Waals surface area contributed by atoms with Gasteiger partial charge in [-0.05, 0) is 36.2 Å². The second-order valence-corrected chi connectivity index (χ2v) is 5.28. The van der Waals surface area contributed by atoms with Crippen LogP contribution in [-0.4, -0.2) is 42.3 Å². The summed E-state index contributed by atoms with van der Waals surface area (Å²) in [5.74, 6) is 1.30. The molecule has 1 fully saturated rings. The molecule has 0 aromatic heterocycles. The van der Waals surface area contributed by atoms with Gasteiger partial charge in [-0.2, -0.15) is 0 Å². The first kappa shape index (κ1) is 19.0. The Morgan fingerprint density at radius 1 is 1.23 bits per heavy atom. The average Bonchev–Trinajstić information content (AvgIpc) is 2.95. The molecule has 0 atom stereocenters. The maximum Gasteiger partial charge on any atom is 0.333 e. The van der Waals surface area contributed by atoms with Crippen molar-refractivity contribution in [3.8, 4) is 18.1 Å². The van der Waals surface area contributed by atoms with Crippen LogP contribution in [0, 0.1) is 12.3 Å². The largest absolute Gasteiger partial charge is 0.494 e. The predicted octanol–water partition coefficient (Wildman–Crippen LogP) is 1.44. The molecule has 0 spiro atoms. The molecular formula is C18H18N2O6. The molecule has 0 N–H and O–H groups in total. The van der Waals surface area contributed by atoms with Gasteiger partial charge in [0.25, 0.3) is 11.8 Å². The highest BCUT2D eigenvalue weighted by Gasteiger charge is 2.32. The van der Waals surface area contributed by atoms with Crippen molar-refractivity contribution in [1.29, 1.82) is 0 Å². The van der Waals surface area contributed by atoms with Gasteiger partial charge >= 0.3 is 5.97 Å². The fraction of sp³-hybridized carbons (Fsp3) is 0.333. The average molecular weight is 358 g/mol. The zero-order chi connectivity index (χ0) is 18.8. The van der Waals surface area contributed by atoms with E-state index in [-0.39, 0.29) is 32.5 Å². The van der Waals surface area contributed by atoms with Crippen molar-refractivity contribution < 1.29 is 28.8 Å². The van der Waals surface area contributed by atoms with Gasteiger partial charge in [-0.15, -0.1) is 11.5 Å². The van der Waals surface area contributed by atoms with Crippen LogP contribution in [0.5, 0.6) is 5.75 Å². The first-order valence-corrected chi connectivity index (χ1v) is 7.98. The number of oxime groups is 1. The number of rotatable bonds is 9. The monoisotopic (exact) mass is 358 g/mol. The number of carbonyl (C=O) groups excluding carboxylic acids is 3. The maximum atomic E-state index is 11.6. The van der Waals surface area contributed by atoms with E-state index in [0.29, 0.717) is 17.2 Å². The predicted molar refractivity (Wildman–Crippen MR) is 90.7 cm³/mol. The third-order valence-corrected chi connectivity index (χ3v) is 3.30. The summed E-state index contributed by atoms with van der Waals surface area (Å²) in [6.07, 6.45) is 7.13. The van der Waals surface area contributed by atoms with Crippen LogP contribution in [0.2, 0.25) is 0 Å². The molecule has 0 saturated carbocycles. The summed E-state index contributed by atoms with van der Waals surface area (Å²) in [4.78, 5) is 43.9. The number of amides is 2. The molecule has 1 aliphatic rings. The molecular weight excluding hydrogens is 340 g/mol. The van der Waals surface area contributed by atoms with E-state index in [4.69, 9.17) is 20.8 Å². The zero-order valence-electron chi connectivity index (χ0n) is 14.1. The van der Waals surface area contributed by atoms with E-state index in [2.05, 4.69) is 11.1 Å². The fourth-order valence-corrected chi connectivity index (χ4v) is 2.03. The third-order valence-electron chi connectivity index (χ3n) is 3.30. The molecule has 136 valence electrons. The number of nitrogens with zero attached hydrogens (tertiary/aromatic N) is 2. The topological polar surface area (TPSA) is 94.5 Å². The van der Waals surface area contributed by atoms with Crippen LogP contribution in [0.1, 0.15) is 31.2 Å². The number of benzene rings is 1. The number of ether oxygens (including phenoxy) is 1. The van der Waals surface area contributed by atoms with Gasteiger partial charge in [-0.25, -0.2) is 4.79 Å². The minimum absolute atomic E-state index is 0.0360. The van der Waals surface area contributed by atoms with E-state index in [0.717, 1.165) is 5.56 Å². The molecule has 0 aliphatic carbocycles. The van der Waals surface area contributed by atoms with Crippen LogP contribution in [0.25, 0.3) is 0 Å². The van der Waals surface area contributed by atoms with Crippen molar-refractivity contribution in [2.75, 3.05) is 13.2 Å². The van der Waals surface area contributed by atoms with E-state index in [9.17, 15) is 14.4 Å². The normalized spacial score (nSPS) is 13.7. The summed E-state index contributed by atoms with van der Waals surface area (Å²) in [5, 5.41) is 4.24. The summed E-state index contributed by atoms with van der Waals surface area (Å²) < 4.78 is 5.51. The van der Waals surface area contributed by atoms with Gasteiger partial charge in [-0.3, -0.25) is 9.59 Å². The lowest BCUT2D eigenvalue weighted by Crippen LogP contribution is -2.32. The van der Waals surface area contributed by atoms with Gasteiger partial charge in [0.15, 0.2) is 6.61 Å². The lowest BCUT2D eigenvalue weighted by molar-refractivity contribution is -0.197. The van der Waals surface area contributed by atoms with E-state index in [1.165, 1.54) is 6.21 Å². The molecule has 1 aromatic carbocycles. The Hall–Kier alpha value is -3.34. The van der Waals surface area contributed by atoms with Gasteiger partial charge in [-0.1, -0.05) is 11.1 Å². The Morgan fingerprint density at radius 3 is 2.58 bits per heavy atom. The summed E-state index contributed by atoms with van der Waals surface area (Å²) in [6, 6.07) is 7.08. The molecule has 1 aromatic rings. The smallest absolute Gasteiger partial charge is 0.333 e. The van der Waals surface area contributed by atoms with Gasteiger partial charge < -0.3 is 14.4 Å². The second-order valence-electron chi connectivity index (χ2n) is 5.28. The molecule has 1 heterocycles. The minimum Gasteiger partial charge on any atom is -0.494 e. The van der Waals surface area contributed by atoms with Crippen molar-refractivity contribution in [3.05, 3.63) is 29.8 Å². The van der Waals surface area contributed by atoms with E-state index in [1.807, 2.05) is 0 Å². The molecule has 1 aliphatic heterocycles. The number of carbonyl (C=O) groups is 3. The quantitative estimate of drug-likeness (QED) is 0.218. The van der Waals surface area contributed by atoms with Gasteiger partial charge in [0.2, 0.25) is 0 Å². The highest BCUT2D eigenvalue weighted by atomic mass is 16.7. The van der Waals surface area contributed by atoms with Crippen molar-refractivity contribution in [1.82, 2.24) is 5.06 Å². The highest BCUT2D eigenvalue weighted by Crippen LogP contribution is 2.14. The van der Waals surface area contributed by atoms with Crippen LogP contribution < -0.4 is 4.74 Å². The molecule has 8 heteroatoms. The maximum absolute atomic E-state index is 11.6. The molecule has 1 saturated heterocycles. The van der Waals surface area contributed by atoms with Crippen molar-refractivity contribution in [2.24, 2.45) is 5.16 Å². The summed E-state index contributed by atoms with van der Waals surface area (Å²) >= 11 is 0. The summed E-state index contributed by atoms with van der Waals surface area (Å²) in [6.45, 7) is 0.399. The number of hydrogen-bond donors (Lipinski definition) is 0. The summed E-state index contributed by atoms with van der Waals surface area (Å²) in [7, 11) is 0. The van der Waals surface area contributed by atoms with Crippen molar-refractivity contribution in [2.45, 2.75) is 25.7 Å². The lowest BCUT2D eigenvalue weighted by atomic mass is 10.2. The lowest BCUT2D eigenvalue weighted by Gasteiger charge is -2.12. The van der Waals surface area contributed by atoms with Crippen LogP contribution >= 0.6 is 0 Å². The summed E-state index contributed by atoms with van der Waals surface area (Å²) in [5.41, 5.74) is 0.817. The number of hydroxylamine groups is 2. The Labute approximate surface area is 150 Å². The van der Waals surface area contributed by atoms with E-state index in [1.54, 1.807) is 24.3 Å².